The van der Waals surface area contributed by atoms with Gasteiger partial charge in [0.2, 0.25) is 0 Å². The number of alkyl halides is 2. The normalized spacial score (nSPS) is 10.7. The van der Waals surface area contributed by atoms with Crippen molar-refractivity contribution in [2.24, 2.45) is 0 Å². The standard InChI is InChI=1S/C8H7BrF2N2O2/c9-7-3(2-5(14)15)1-4(12)6(13-7)8(10)11/h1,8H,2,12H2,(H,14,15). The lowest BCUT2D eigenvalue weighted by molar-refractivity contribution is -0.136. The van der Waals surface area contributed by atoms with E-state index in [1.807, 2.05) is 0 Å². The van der Waals surface area contributed by atoms with Gasteiger partial charge in [-0.1, -0.05) is 0 Å². The first-order valence-electron chi connectivity index (χ1n) is 3.86. The van der Waals surface area contributed by atoms with E-state index in [4.69, 9.17) is 10.8 Å². The Kier molecular flexibility index (Phi) is 3.57. The number of rotatable bonds is 3. The van der Waals surface area contributed by atoms with Gasteiger partial charge in [0, 0.05) is 0 Å². The Morgan fingerprint density at radius 2 is 2.27 bits per heavy atom. The van der Waals surface area contributed by atoms with Crippen LogP contribution < -0.4 is 5.73 Å². The number of anilines is 1. The molecule has 0 fully saturated rings. The van der Waals surface area contributed by atoms with E-state index in [0.717, 1.165) is 0 Å². The zero-order chi connectivity index (χ0) is 11.6. The van der Waals surface area contributed by atoms with Crippen LogP contribution in [0.3, 0.4) is 0 Å². The van der Waals surface area contributed by atoms with E-state index in [9.17, 15) is 13.6 Å². The molecular weight excluding hydrogens is 274 g/mol. The van der Waals surface area contributed by atoms with Gasteiger partial charge in [-0.25, -0.2) is 13.8 Å². The first kappa shape index (κ1) is 11.8. The van der Waals surface area contributed by atoms with Gasteiger partial charge in [-0.3, -0.25) is 4.79 Å². The molecule has 1 aromatic rings. The van der Waals surface area contributed by atoms with Crippen molar-refractivity contribution in [1.82, 2.24) is 4.98 Å². The number of halogens is 3. The molecule has 0 unspecified atom stereocenters. The van der Waals surface area contributed by atoms with Crippen LogP contribution in [0.2, 0.25) is 0 Å². The number of aromatic nitrogens is 1. The Labute approximate surface area is 92.2 Å². The average Bonchev–Trinajstić information content (AvgIpc) is 2.09. The number of carboxylic acid groups (broad SMARTS) is 1. The predicted molar refractivity (Wildman–Crippen MR) is 52.6 cm³/mol. The fourth-order valence-electron chi connectivity index (χ4n) is 1.02. The predicted octanol–water partition coefficient (Wildman–Crippen LogP) is 1.99. The summed E-state index contributed by atoms with van der Waals surface area (Å²) in [5, 5.41) is 8.52. The summed E-state index contributed by atoms with van der Waals surface area (Å²) in [7, 11) is 0. The number of carbonyl (C=O) groups is 1. The summed E-state index contributed by atoms with van der Waals surface area (Å²) in [6, 6.07) is 1.19. The van der Waals surface area contributed by atoms with Crippen LogP contribution in [0.1, 0.15) is 17.7 Å². The molecule has 7 heteroatoms. The molecule has 0 radical (unpaired) electrons. The van der Waals surface area contributed by atoms with Crippen molar-refractivity contribution in [1.29, 1.82) is 0 Å². The number of nitrogens with two attached hydrogens (primary N) is 1. The van der Waals surface area contributed by atoms with E-state index in [2.05, 4.69) is 20.9 Å². The molecule has 0 amide bonds. The van der Waals surface area contributed by atoms with Gasteiger partial charge in [-0.05, 0) is 27.6 Å². The minimum Gasteiger partial charge on any atom is -0.481 e. The number of nitrogen functional groups attached to an aromatic ring is 1. The molecule has 1 aromatic heterocycles. The molecule has 1 heterocycles. The van der Waals surface area contributed by atoms with Gasteiger partial charge in [0.15, 0.2) is 0 Å². The first-order chi connectivity index (χ1) is 6.91. The number of aliphatic carboxylic acids is 1. The van der Waals surface area contributed by atoms with Crippen molar-refractivity contribution in [3.05, 3.63) is 21.9 Å². The maximum atomic E-state index is 12.3. The highest BCUT2D eigenvalue weighted by atomic mass is 79.9. The quantitative estimate of drug-likeness (QED) is 0.831. The SMILES string of the molecule is Nc1cc(CC(=O)O)c(Br)nc1C(F)F. The highest BCUT2D eigenvalue weighted by molar-refractivity contribution is 9.10. The fourth-order valence-corrected chi connectivity index (χ4v) is 1.47. The van der Waals surface area contributed by atoms with Gasteiger partial charge in [-0.2, -0.15) is 0 Å². The minimum atomic E-state index is -2.78. The topological polar surface area (TPSA) is 76.2 Å². The lowest BCUT2D eigenvalue weighted by atomic mass is 10.2. The van der Waals surface area contributed by atoms with Crippen molar-refractivity contribution >= 4 is 27.6 Å². The number of hydrogen-bond acceptors (Lipinski definition) is 3. The van der Waals surface area contributed by atoms with E-state index in [1.54, 1.807) is 0 Å². The molecule has 0 atom stereocenters. The molecule has 0 saturated carbocycles. The molecule has 1 rings (SSSR count). The summed E-state index contributed by atoms with van der Waals surface area (Å²) >= 11 is 2.91. The Morgan fingerprint density at radius 1 is 1.67 bits per heavy atom. The molecule has 3 N–H and O–H groups in total. The Morgan fingerprint density at radius 3 is 2.73 bits per heavy atom. The monoisotopic (exact) mass is 280 g/mol. The van der Waals surface area contributed by atoms with Crippen LogP contribution in [0.25, 0.3) is 0 Å². The summed E-state index contributed by atoms with van der Waals surface area (Å²) in [5.41, 5.74) is 4.83. The lowest BCUT2D eigenvalue weighted by Gasteiger charge is -2.07. The van der Waals surface area contributed by atoms with Crippen LogP contribution >= 0.6 is 15.9 Å². The zero-order valence-electron chi connectivity index (χ0n) is 7.38. The smallest absolute Gasteiger partial charge is 0.307 e. The Balaban J connectivity index is 3.13. The van der Waals surface area contributed by atoms with Gasteiger partial charge < -0.3 is 10.8 Å². The number of carboxylic acids is 1. The molecule has 0 bridgehead atoms. The maximum Gasteiger partial charge on any atom is 0.307 e. The summed E-state index contributed by atoms with van der Waals surface area (Å²) in [6.45, 7) is 0. The van der Waals surface area contributed by atoms with Crippen LogP contribution in [0, 0.1) is 0 Å². The van der Waals surface area contributed by atoms with Crippen molar-refractivity contribution in [3.63, 3.8) is 0 Å². The molecule has 0 saturated heterocycles. The second-order valence-corrected chi connectivity index (χ2v) is 3.54. The van der Waals surface area contributed by atoms with Gasteiger partial charge >= 0.3 is 5.97 Å². The van der Waals surface area contributed by atoms with Crippen molar-refractivity contribution in [2.45, 2.75) is 12.8 Å². The number of nitrogens with zero attached hydrogens (tertiary/aromatic N) is 1. The highest BCUT2D eigenvalue weighted by Crippen LogP contribution is 2.27. The van der Waals surface area contributed by atoms with E-state index >= 15 is 0 Å². The van der Waals surface area contributed by atoms with Gasteiger partial charge in [-0.15, -0.1) is 0 Å². The molecule has 15 heavy (non-hydrogen) atoms. The molecule has 0 aliphatic carbocycles. The largest absolute Gasteiger partial charge is 0.481 e. The highest BCUT2D eigenvalue weighted by Gasteiger charge is 2.17. The minimum absolute atomic E-state index is 0.0781. The molecule has 0 spiro atoms. The van der Waals surface area contributed by atoms with Crippen molar-refractivity contribution in [2.75, 3.05) is 5.73 Å². The van der Waals surface area contributed by atoms with Gasteiger partial charge in [0.25, 0.3) is 6.43 Å². The fraction of sp³-hybridized carbons (Fsp3) is 0.250. The van der Waals surface area contributed by atoms with Gasteiger partial charge in [0.1, 0.15) is 10.3 Å². The second kappa shape index (κ2) is 4.52. The number of pyridine rings is 1. The molecular formula is C8H7BrF2N2O2. The third-order valence-electron chi connectivity index (χ3n) is 1.66. The summed E-state index contributed by atoms with van der Waals surface area (Å²) in [6.07, 6.45) is -3.10. The summed E-state index contributed by atoms with van der Waals surface area (Å²) < 4.78 is 24.7. The zero-order valence-corrected chi connectivity index (χ0v) is 8.96. The summed E-state index contributed by atoms with van der Waals surface area (Å²) in [4.78, 5) is 13.9. The molecule has 0 aromatic carbocycles. The number of hydrogen-bond donors (Lipinski definition) is 2. The molecule has 0 aliphatic heterocycles. The van der Waals surface area contributed by atoms with Crippen molar-refractivity contribution in [3.8, 4) is 0 Å². The van der Waals surface area contributed by atoms with Crippen LogP contribution in [0.5, 0.6) is 0 Å². The average molecular weight is 281 g/mol. The maximum absolute atomic E-state index is 12.3. The van der Waals surface area contributed by atoms with Crippen molar-refractivity contribution < 1.29 is 18.7 Å². The molecule has 4 nitrogen and oxygen atoms in total. The third kappa shape index (κ3) is 2.85. The Bertz CT molecular complexity index is 398. The van der Waals surface area contributed by atoms with Crippen LogP contribution in [-0.4, -0.2) is 16.1 Å². The van der Waals surface area contributed by atoms with Crippen LogP contribution in [0.4, 0.5) is 14.5 Å². The van der Waals surface area contributed by atoms with E-state index < -0.39 is 18.1 Å². The van der Waals surface area contributed by atoms with E-state index in [0.29, 0.717) is 0 Å². The van der Waals surface area contributed by atoms with E-state index in [-0.39, 0.29) is 22.3 Å². The molecule has 82 valence electrons. The van der Waals surface area contributed by atoms with Crippen LogP contribution in [-0.2, 0) is 11.2 Å². The van der Waals surface area contributed by atoms with Crippen LogP contribution in [0.15, 0.2) is 10.7 Å². The first-order valence-corrected chi connectivity index (χ1v) is 4.66. The van der Waals surface area contributed by atoms with Gasteiger partial charge in [0.05, 0.1) is 12.1 Å². The Hall–Kier alpha value is -1.24. The second-order valence-electron chi connectivity index (χ2n) is 2.78. The lowest BCUT2D eigenvalue weighted by Crippen LogP contribution is -2.06. The third-order valence-corrected chi connectivity index (χ3v) is 2.34. The summed E-state index contributed by atoms with van der Waals surface area (Å²) in [5.74, 6) is -1.08. The van der Waals surface area contributed by atoms with E-state index in [1.165, 1.54) is 6.07 Å². The molecule has 0 aliphatic rings.